The Kier molecular flexibility index (Phi) is 6.13. The molecule has 0 bridgehead atoms. The maximum Gasteiger partial charge on any atom is 0.255 e. The van der Waals surface area contributed by atoms with Crippen molar-refractivity contribution in [3.8, 4) is 0 Å². The molecule has 1 saturated heterocycles. The third-order valence-corrected chi connectivity index (χ3v) is 6.72. The minimum atomic E-state index is 0.0408. The second kappa shape index (κ2) is 8.96. The van der Waals surface area contributed by atoms with E-state index in [-0.39, 0.29) is 11.8 Å². The van der Waals surface area contributed by atoms with Gasteiger partial charge in [-0.1, -0.05) is 30.3 Å². The summed E-state index contributed by atoms with van der Waals surface area (Å²) < 4.78 is 0. The van der Waals surface area contributed by atoms with Crippen LogP contribution in [0.15, 0.2) is 59.5 Å². The van der Waals surface area contributed by atoms with Crippen molar-refractivity contribution in [1.82, 2.24) is 14.8 Å². The number of hydrogen-bond acceptors (Lipinski definition) is 3. The molecule has 4 rings (SSSR count). The highest BCUT2D eigenvalue weighted by Gasteiger charge is 2.27. The normalized spacial score (nSPS) is 16.6. The summed E-state index contributed by atoms with van der Waals surface area (Å²) in [6.45, 7) is 1.48. The fourth-order valence-corrected chi connectivity index (χ4v) is 4.96. The largest absolute Gasteiger partial charge is 0.358 e. The number of thioether (sulfide) groups is 1. The third-order valence-electron chi connectivity index (χ3n) is 5.67. The molecule has 1 aromatic heterocycles. The van der Waals surface area contributed by atoms with Crippen LogP contribution in [0.1, 0.15) is 34.8 Å². The van der Waals surface area contributed by atoms with Gasteiger partial charge in [-0.15, -0.1) is 11.8 Å². The molecule has 156 valence electrons. The zero-order chi connectivity index (χ0) is 21.1. The Morgan fingerprint density at radius 3 is 2.70 bits per heavy atom. The molecule has 2 amide bonds. The summed E-state index contributed by atoms with van der Waals surface area (Å²) in [4.78, 5) is 33.3. The van der Waals surface area contributed by atoms with Crippen LogP contribution in [0.3, 0.4) is 0 Å². The Bertz CT molecular complexity index is 1030. The Morgan fingerprint density at radius 1 is 1.13 bits per heavy atom. The van der Waals surface area contributed by atoms with Crippen LogP contribution in [0, 0.1) is 0 Å². The number of para-hydroxylation sites is 1. The fraction of sp³-hybridized carbons (Fsp3) is 0.333. The molecule has 2 heterocycles. The first kappa shape index (κ1) is 20.5. The molecule has 1 unspecified atom stereocenters. The van der Waals surface area contributed by atoms with E-state index in [1.165, 1.54) is 22.8 Å². The van der Waals surface area contributed by atoms with E-state index < -0.39 is 0 Å². The number of aromatic nitrogens is 1. The minimum absolute atomic E-state index is 0.0408. The van der Waals surface area contributed by atoms with Crippen molar-refractivity contribution in [2.45, 2.75) is 23.7 Å². The van der Waals surface area contributed by atoms with Crippen LogP contribution in [-0.2, 0) is 4.79 Å². The lowest BCUT2D eigenvalue weighted by molar-refractivity contribution is -0.125. The van der Waals surface area contributed by atoms with Crippen LogP contribution in [0.25, 0.3) is 10.9 Å². The topological polar surface area (TPSA) is 56.4 Å². The highest BCUT2D eigenvalue weighted by Crippen LogP contribution is 2.31. The van der Waals surface area contributed by atoms with Crippen molar-refractivity contribution in [3.05, 3.63) is 65.9 Å². The molecule has 1 N–H and O–H groups in total. The number of amides is 2. The van der Waals surface area contributed by atoms with Gasteiger partial charge in [0.1, 0.15) is 0 Å². The molecule has 2 aromatic carbocycles. The summed E-state index contributed by atoms with van der Waals surface area (Å²) in [6, 6.07) is 18.1. The molecule has 1 aliphatic rings. The second-order valence-electron chi connectivity index (χ2n) is 7.98. The number of nitrogens with zero attached hydrogens (tertiary/aromatic N) is 2. The van der Waals surface area contributed by atoms with Crippen molar-refractivity contribution < 1.29 is 9.59 Å². The van der Waals surface area contributed by atoms with Crippen LogP contribution < -0.4 is 0 Å². The van der Waals surface area contributed by atoms with E-state index in [1.807, 2.05) is 41.3 Å². The number of carbonyl (C=O) groups excluding carboxylic acids is 2. The van der Waals surface area contributed by atoms with E-state index in [4.69, 9.17) is 0 Å². The van der Waals surface area contributed by atoms with Crippen molar-refractivity contribution in [3.63, 3.8) is 0 Å². The predicted octanol–water partition coefficient (Wildman–Crippen LogP) is 4.37. The van der Waals surface area contributed by atoms with E-state index in [2.05, 4.69) is 23.2 Å². The average molecular weight is 422 g/mol. The van der Waals surface area contributed by atoms with Crippen LogP contribution >= 0.6 is 11.8 Å². The summed E-state index contributed by atoms with van der Waals surface area (Å²) in [6.07, 6.45) is 2.06. The number of carbonyl (C=O) groups is 2. The lowest BCUT2D eigenvalue weighted by Crippen LogP contribution is -2.39. The van der Waals surface area contributed by atoms with Crippen molar-refractivity contribution in [2.24, 2.45) is 0 Å². The molecular weight excluding hydrogens is 394 g/mol. The number of rotatable bonds is 5. The number of nitrogens with one attached hydrogen (secondary N) is 1. The van der Waals surface area contributed by atoms with Gasteiger partial charge >= 0.3 is 0 Å². The summed E-state index contributed by atoms with van der Waals surface area (Å²) in [5.74, 6) is 0.732. The fourth-order valence-electron chi connectivity index (χ4n) is 3.94. The summed E-state index contributed by atoms with van der Waals surface area (Å²) in [5.41, 5.74) is 3.03. The molecule has 6 heteroatoms. The first-order valence-corrected chi connectivity index (χ1v) is 11.3. The lowest BCUT2D eigenvalue weighted by Gasteiger charge is -2.33. The van der Waals surface area contributed by atoms with E-state index in [9.17, 15) is 9.59 Å². The second-order valence-corrected chi connectivity index (χ2v) is 8.99. The third kappa shape index (κ3) is 4.38. The number of H-pyrrole nitrogens is 1. The van der Waals surface area contributed by atoms with Gasteiger partial charge in [0.2, 0.25) is 5.91 Å². The summed E-state index contributed by atoms with van der Waals surface area (Å²) in [5, 5.41) is 1.21. The smallest absolute Gasteiger partial charge is 0.255 e. The maximum atomic E-state index is 13.4. The van der Waals surface area contributed by atoms with Gasteiger partial charge in [0.25, 0.3) is 5.91 Å². The van der Waals surface area contributed by atoms with Crippen molar-refractivity contribution >= 4 is 34.5 Å². The van der Waals surface area contributed by atoms with Gasteiger partial charge in [-0.3, -0.25) is 9.59 Å². The van der Waals surface area contributed by atoms with E-state index in [0.29, 0.717) is 23.8 Å². The van der Waals surface area contributed by atoms with Gasteiger partial charge in [-0.25, -0.2) is 0 Å². The monoisotopic (exact) mass is 421 g/mol. The van der Waals surface area contributed by atoms with Crippen molar-refractivity contribution in [2.75, 3.05) is 32.9 Å². The molecule has 1 fully saturated rings. The number of benzene rings is 2. The lowest BCUT2D eigenvalue weighted by atomic mass is 9.94. The standard InChI is InChI=1S/C24H27N3O2S/c1-26(2)23(28)16-30-22-12-6-4-10-19(22)24(29)27-13-7-9-18(15-27)21-14-17-8-3-5-11-20(17)25-21/h3-6,8,10-12,14,18,25H,7,9,13,15-16H2,1-2H3. The Morgan fingerprint density at radius 2 is 1.90 bits per heavy atom. The van der Waals surface area contributed by atoms with E-state index in [1.54, 1.807) is 19.0 Å². The zero-order valence-corrected chi connectivity index (χ0v) is 18.2. The van der Waals surface area contributed by atoms with Gasteiger partial charge in [0.15, 0.2) is 0 Å². The number of aromatic amines is 1. The highest BCUT2D eigenvalue weighted by molar-refractivity contribution is 8.00. The van der Waals surface area contributed by atoms with E-state index in [0.717, 1.165) is 29.8 Å². The SMILES string of the molecule is CN(C)C(=O)CSc1ccccc1C(=O)N1CCCC(c2cc3ccccc3[nH]2)C1. The van der Waals surface area contributed by atoms with Gasteiger partial charge < -0.3 is 14.8 Å². The molecular formula is C24H27N3O2S. The number of likely N-dealkylation sites (tertiary alicyclic amines) is 1. The first-order valence-electron chi connectivity index (χ1n) is 10.3. The molecule has 30 heavy (non-hydrogen) atoms. The van der Waals surface area contributed by atoms with Gasteiger partial charge in [-0.2, -0.15) is 0 Å². The zero-order valence-electron chi connectivity index (χ0n) is 17.4. The maximum absolute atomic E-state index is 13.4. The molecule has 0 spiro atoms. The van der Waals surface area contributed by atoms with Gasteiger partial charge in [0, 0.05) is 49.2 Å². The summed E-state index contributed by atoms with van der Waals surface area (Å²) >= 11 is 1.43. The molecule has 0 saturated carbocycles. The first-order chi connectivity index (χ1) is 14.5. The predicted molar refractivity (Wildman–Crippen MR) is 122 cm³/mol. The number of piperidine rings is 1. The van der Waals surface area contributed by atoms with Crippen LogP contribution in [0.2, 0.25) is 0 Å². The molecule has 0 aliphatic carbocycles. The molecule has 5 nitrogen and oxygen atoms in total. The average Bonchev–Trinajstić information content (AvgIpc) is 3.21. The van der Waals surface area contributed by atoms with Crippen LogP contribution in [0.4, 0.5) is 0 Å². The Balaban J connectivity index is 1.50. The van der Waals surface area contributed by atoms with Gasteiger partial charge in [0.05, 0.1) is 11.3 Å². The van der Waals surface area contributed by atoms with Crippen molar-refractivity contribution in [1.29, 1.82) is 0 Å². The van der Waals surface area contributed by atoms with Gasteiger partial charge in [-0.05, 0) is 42.5 Å². The van der Waals surface area contributed by atoms with Crippen LogP contribution in [0.5, 0.6) is 0 Å². The summed E-state index contributed by atoms with van der Waals surface area (Å²) in [7, 11) is 3.50. The Hall–Kier alpha value is -2.73. The molecule has 0 radical (unpaired) electrons. The van der Waals surface area contributed by atoms with Crippen LogP contribution in [-0.4, -0.2) is 59.5 Å². The van der Waals surface area contributed by atoms with E-state index >= 15 is 0 Å². The minimum Gasteiger partial charge on any atom is -0.358 e. The quantitative estimate of drug-likeness (QED) is 0.623. The number of hydrogen-bond donors (Lipinski definition) is 1. The molecule has 1 atom stereocenters. The molecule has 1 aliphatic heterocycles. The highest BCUT2D eigenvalue weighted by atomic mass is 32.2. The molecule has 3 aromatic rings. The number of fused-ring (bicyclic) bond motifs is 1. The Labute approximate surface area is 181 Å².